The first-order chi connectivity index (χ1) is 9.99. The van der Waals surface area contributed by atoms with E-state index in [9.17, 15) is 14.4 Å². The normalized spacial score (nSPS) is 17.8. The maximum Gasteiger partial charge on any atom is 0.341 e. The minimum atomic E-state index is -0.634. The predicted octanol–water partition coefficient (Wildman–Crippen LogP) is 1.65. The van der Waals surface area contributed by atoms with Crippen molar-refractivity contribution in [3.8, 4) is 0 Å². The summed E-state index contributed by atoms with van der Waals surface area (Å²) in [6, 6.07) is 4.76. The first kappa shape index (κ1) is 15.3. The van der Waals surface area contributed by atoms with Crippen LogP contribution in [0.5, 0.6) is 0 Å². The first-order valence-electron chi connectivity index (χ1n) is 6.24. The second-order valence-electron chi connectivity index (χ2n) is 4.55. The Morgan fingerprint density at radius 1 is 1.29 bits per heavy atom. The number of carbonyl (C=O) groups is 3. The third kappa shape index (κ3) is 2.85. The monoisotopic (exact) mass is 311 g/mol. The van der Waals surface area contributed by atoms with Crippen LogP contribution in [0.4, 0.5) is 5.69 Å². The minimum absolute atomic E-state index is 0.0415. The second kappa shape index (κ2) is 6.13. The molecule has 1 amide bonds. The number of hydrogen-bond donors (Lipinski definition) is 0. The summed E-state index contributed by atoms with van der Waals surface area (Å²) in [5.41, 5.74) is 0.450. The molecule has 1 unspecified atom stereocenters. The average molecular weight is 312 g/mol. The van der Waals surface area contributed by atoms with Crippen molar-refractivity contribution in [1.82, 2.24) is 0 Å². The van der Waals surface area contributed by atoms with Gasteiger partial charge in [-0.2, -0.15) is 0 Å². The molecule has 0 aromatic heterocycles. The predicted molar refractivity (Wildman–Crippen MR) is 75.3 cm³/mol. The highest BCUT2D eigenvalue weighted by Crippen LogP contribution is 2.32. The molecule has 1 heterocycles. The molecule has 1 aromatic rings. The van der Waals surface area contributed by atoms with Crippen LogP contribution in [0, 0.1) is 5.92 Å². The summed E-state index contributed by atoms with van der Waals surface area (Å²) in [4.78, 5) is 36.9. The standard InChI is InChI=1S/C14H14ClNO5/c1-20-13(18)8-6-11(17)16(7-8)10-5-3-4-9(15)12(10)14(19)21-2/h3-5,8H,6-7H2,1-2H3. The molecular weight excluding hydrogens is 298 g/mol. The topological polar surface area (TPSA) is 72.9 Å². The molecule has 1 fully saturated rings. The summed E-state index contributed by atoms with van der Waals surface area (Å²) in [6.07, 6.45) is 0.0415. The van der Waals surface area contributed by atoms with Crippen LogP contribution in [0.2, 0.25) is 5.02 Å². The molecular formula is C14H14ClNO5. The van der Waals surface area contributed by atoms with Gasteiger partial charge in [0.25, 0.3) is 0 Å². The molecule has 1 aliphatic heterocycles. The van der Waals surface area contributed by atoms with E-state index < -0.39 is 17.9 Å². The molecule has 1 aromatic carbocycles. The third-order valence-corrected chi connectivity index (χ3v) is 3.65. The Morgan fingerprint density at radius 3 is 2.62 bits per heavy atom. The van der Waals surface area contributed by atoms with Crippen molar-refractivity contribution in [3.63, 3.8) is 0 Å². The number of nitrogens with zero attached hydrogens (tertiary/aromatic N) is 1. The molecule has 2 rings (SSSR count). The first-order valence-corrected chi connectivity index (χ1v) is 6.62. The fraction of sp³-hybridized carbons (Fsp3) is 0.357. The van der Waals surface area contributed by atoms with E-state index in [0.717, 1.165) is 0 Å². The lowest BCUT2D eigenvalue weighted by atomic mass is 10.1. The number of rotatable bonds is 3. The van der Waals surface area contributed by atoms with Gasteiger partial charge in [-0.05, 0) is 12.1 Å². The average Bonchev–Trinajstić information content (AvgIpc) is 2.87. The van der Waals surface area contributed by atoms with E-state index in [1.165, 1.54) is 25.2 Å². The fourth-order valence-corrected chi connectivity index (χ4v) is 2.55. The highest BCUT2D eigenvalue weighted by molar-refractivity contribution is 6.34. The summed E-state index contributed by atoms with van der Waals surface area (Å²) in [5.74, 6) is -1.90. The molecule has 112 valence electrons. The van der Waals surface area contributed by atoms with E-state index in [4.69, 9.17) is 16.3 Å². The van der Waals surface area contributed by atoms with Gasteiger partial charge in [0.2, 0.25) is 5.91 Å². The Morgan fingerprint density at radius 2 is 2.00 bits per heavy atom. The third-order valence-electron chi connectivity index (χ3n) is 3.33. The van der Waals surface area contributed by atoms with E-state index in [1.807, 2.05) is 0 Å². The van der Waals surface area contributed by atoms with Crippen molar-refractivity contribution >= 4 is 35.1 Å². The maximum atomic E-state index is 12.1. The lowest BCUT2D eigenvalue weighted by Gasteiger charge is -2.19. The van der Waals surface area contributed by atoms with E-state index in [2.05, 4.69) is 4.74 Å². The number of halogens is 1. The zero-order chi connectivity index (χ0) is 15.6. The highest BCUT2D eigenvalue weighted by atomic mass is 35.5. The quantitative estimate of drug-likeness (QED) is 0.794. The summed E-state index contributed by atoms with van der Waals surface area (Å²) < 4.78 is 9.35. The highest BCUT2D eigenvalue weighted by Gasteiger charge is 2.37. The van der Waals surface area contributed by atoms with Gasteiger partial charge >= 0.3 is 11.9 Å². The fourth-order valence-electron chi connectivity index (χ4n) is 2.31. The Kier molecular flexibility index (Phi) is 4.47. The Bertz CT molecular complexity index is 601. The van der Waals surface area contributed by atoms with Gasteiger partial charge in [0.15, 0.2) is 0 Å². The van der Waals surface area contributed by atoms with Crippen LogP contribution >= 0.6 is 11.6 Å². The molecule has 0 bridgehead atoms. The lowest BCUT2D eigenvalue weighted by molar-refractivity contribution is -0.145. The zero-order valence-corrected chi connectivity index (χ0v) is 12.3. The molecule has 1 aliphatic rings. The van der Waals surface area contributed by atoms with E-state index in [1.54, 1.807) is 12.1 Å². The summed E-state index contributed by atoms with van der Waals surface area (Å²) in [5, 5.41) is 0.189. The molecule has 7 heteroatoms. The van der Waals surface area contributed by atoms with Crippen LogP contribution in [-0.2, 0) is 19.1 Å². The number of methoxy groups -OCH3 is 2. The molecule has 1 atom stereocenters. The SMILES string of the molecule is COC(=O)c1c(Cl)cccc1N1CC(C(=O)OC)CC1=O. The summed E-state index contributed by atoms with van der Waals surface area (Å²) in [7, 11) is 2.51. The second-order valence-corrected chi connectivity index (χ2v) is 4.96. The Labute approximate surface area is 126 Å². The van der Waals surface area contributed by atoms with Crippen molar-refractivity contribution < 1.29 is 23.9 Å². The zero-order valence-electron chi connectivity index (χ0n) is 11.6. The van der Waals surface area contributed by atoms with Crippen molar-refractivity contribution in [2.24, 2.45) is 5.92 Å². The van der Waals surface area contributed by atoms with E-state index in [-0.39, 0.29) is 29.5 Å². The van der Waals surface area contributed by atoms with Crippen molar-refractivity contribution in [3.05, 3.63) is 28.8 Å². The molecule has 1 saturated heterocycles. The number of hydrogen-bond acceptors (Lipinski definition) is 5. The largest absolute Gasteiger partial charge is 0.469 e. The van der Waals surface area contributed by atoms with Crippen LogP contribution in [-0.4, -0.2) is 38.6 Å². The maximum absolute atomic E-state index is 12.1. The van der Waals surface area contributed by atoms with E-state index >= 15 is 0 Å². The molecule has 0 spiro atoms. The van der Waals surface area contributed by atoms with Crippen LogP contribution in [0.15, 0.2) is 18.2 Å². The number of carbonyl (C=O) groups excluding carboxylic acids is 3. The van der Waals surface area contributed by atoms with Gasteiger partial charge in [0, 0.05) is 13.0 Å². The molecule has 0 aliphatic carbocycles. The Hall–Kier alpha value is -2.08. The summed E-state index contributed by atoms with van der Waals surface area (Å²) in [6.45, 7) is 0.149. The molecule has 0 radical (unpaired) electrons. The number of amides is 1. The summed E-state index contributed by atoms with van der Waals surface area (Å²) >= 11 is 6.02. The number of ether oxygens (including phenoxy) is 2. The number of esters is 2. The van der Waals surface area contributed by atoms with Crippen LogP contribution < -0.4 is 4.90 Å². The number of anilines is 1. The minimum Gasteiger partial charge on any atom is -0.469 e. The van der Waals surface area contributed by atoms with Crippen LogP contribution in [0.25, 0.3) is 0 Å². The van der Waals surface area contributed by atoms with Gasteiger partial charge in [-0.1, -0.05) is 17.7 Å². The molecule has 0 saturated carbocycles. The van der Waals surface area contributed by atoms with Crippen LogP contribution in [0.1, 0.15) is 16.8 Å². The van der Waals surface area contributed by atoms with Gasteiger partial charge in [-0.3, -0.25) is 9.59 Å². The molecule has 0 N–H and O–H groups in total. The molecule has 21 heavy (non-hydrogen) atoms. The van der Waals surface area contributed by atoms with Crippen molar-refractivity contribution in [1.29, 1.82) is 0 Å². The molecule has 6 nitrogen and oxygen atoms in total. The van der Waals surface area contributed by atoms with Crippen molar-refractivity contribution in [2.45, 2.75) is 6.42 Å². The van der Waals surface area contributed by atoms with Gasteiger partial charge in [0.1, 0.15) is 5.56 Å². The van der Waals surface area contributed by atoms with Gasteiger partial charge < -0.3 is 14.4 Å². The van der Waals surface area contributed by atoms with Gasteiger partial charge in [-0.25, -0.2) is 4.79 Å². The van der Waals surface area contributed by atoms with Gasteiger partial charge in [-0.15, -0.1) is 0 Å². The smallest absolute Gasteiger partial charge is 0.341 e. The van der Waals surface area contributed by atoms with Crippen LogP contribution in [0.3, 0.4) is 0 Å². The lowest BCUT2D eigenvalue weighted by Crippen LogP contribution is -2.28. The van der Waals surface area contributed by atoms with Crippen molar-refractivity contribution in [2.75, 3.05) is 25.7 Å². The van der Waals surface area contributed by atoms with Gasteiger partial charge in [0.05, 0.1) is 30.8 Å². The Balaban J connectivity index is 2.39. The van der Waals surface area contributed by atoms with E-state index in [0.29, 0.717) is 5.69 Å². The number of benzene rings is 1.